The van der Waals surface area contributed by atoms with Gasteiger partial charge in [0.05, 0.1) is 12.1 Å². The number of ether oxygens (including phenoxy) is 1. The third kappa shape index (κ3) is 4.60. The van der Waals surface area contributed by atoms with E-state index in [1.54, 1.807) is 20.8 Å². The fraction of sp³-hybridized carbons (Fsp3) is 0.571. The maximum absolute atomic E-state index is 12.8. The number of amides is 2. The van der Waals surface area contributed by atoms with Crippen LogP contribution in [0.5, 0.6) is 0 Å². The van der Waals surface area contributed by atoms with Crippen LogP contribution in [0.4, 0.5) is 13.2 Å². The molecule has 1 saturated heterocycles. The lowest BCUT2D eigenvalue weighted by atomic mass is 9.64. The molecule has 1 aliphatic carbocycles. The number of rotatable bonds is 4. The lowest BCUT2D eigenvalue weighted by molar-refractivity contribution is -0.169. The Bertz CT molecular complexity index is 837. The normalized spacial score (nSPS) is 24.5. The van der Waals surface area contributed by atoms with Crippen molar-refractivity contribution < 1.29 is 32.3 Å². The number of nitrogens with zero attached hydrogens (tertiary/aromatic N) is 1. The third-order valence-electron chi connectivity index (χ3n) is 5.39. The van der Waals surface area contributed by atoms with Crippen LogP contribution >= 0.6 is 0 Å². The summed E-state index contributed by atoms with van der Waals surface area (Å²) in [6.07, 6.45) is -3.67. The molecule has 1 aliphatic heterocycles. The van der Waals surface area contributed by atoms with Crippen molar-refractivity contribution in [2.75, 3.05) is 6.54 Å². The molecule has 1 aromatic carbocycles. The zero-order valence-corrected chi connectivity index (χ0v) is 17.1. The van der Waals surface area contributed by atoms with Crippen molar-refractivity contribution in [2.45, 2.75) is 63.9 Å². The molecular formula is C21H25F3N2O4. The van der Waals surface area contributed by atoms with Crippen molar-refractivity contribution in [3.63, 3.8) is 0 Å². The van der Waals surface area contributed by atoms with Crippen molar-refractivity contribution in [2.24, 2.45) is 5.92 Å². The van der Waals surface area contributed by atoms with E-state index in [9.17, 15) is 27.6 Å². The van der Waals surface area contributed by atoms with E-state index in [1.807, 2.05) is 0 Å². The monoisotopic (exact) mass is 426 g/mol. The summed E-state index contributed by atoms with van der Waals surface area (Å²) in [7, 11) is 0. The Morgan fingerprint density at radius 1 is 1.17 bits per heavy atom. The van der Waals surface area contributed by atoms with Gasteiger partial charge in [-0.3, -0.25) is 14.4 Å². The SMILES string of the molecule is CC(C)(C)OC(=O)CC1CC2(C1)C(=O)NCC(=O)N2Cc1ccc(C(F)(F)F)cc1. The Balaban J connectivity index is 1.71. The number of nitrogens with one attached hydrogen (secondary N) is 1. The lowest BCUT2D eigenvalue weighted by Gasteiger charge is -2.54. The van der Waals surface area contributed by atoms with Crippen LogP contribution in [-0.4, -0.2) is 40.4 Å². The fourth-order valence-corrected chi connectivity index (χ4v) is 4.06. The second-order valence-electron chi connectivity index (χ2n) is 8.95. The van der Waals surface area contributed by atoms with Crippen molar-refractivity contribution >= 4 is 17.8 Å². The van der Waals surface area contributed by atoms with Gasteiger partial charge in [0.1, 0.15) is 11.1 Å². The van der Waals surface area contributed by atoms with Crippen LogP contribution in [0.25, 0.3) is 0 Å². The van der Waals surface area contributed by atoms with Crippen molar-refractivity contribution in [3.05, 3.63) is 35.4 Å². The van der Waals surface area contributed by atoms with Crippen LogP contribution in [0.2, 0.25) is 0 Å². The summed E-state index contributed by atoms with van der Waals surface area (Å²) in [4.78, 5) is 38.7. The summed E-state index contributed by atoms with van der Waals surface area (Å²) in [5.41, 5.74) is -1.96. The molecule has 0 radical (unpaired) electrons. The maximum Gasteiger partial charge on any atom is 0.416 e. The van der Waals surface area contributed by atoms with E-state index in [-0.39, 0.29) is 43.2 Å². The fourth-order valence-electron chi connectivity index (χ4n) is 4.06. The topological polar surface area (TPSA) is 75.7 Å². The van der Waals surface area contributed by atoms with Crippen LogP contribution in [0, 0.1) is 5.92 Å². The summed E-state index contributed by atoms with van der Waals surface area (Å²) in [5, 5.41) is 2.59. The maximum atomic E-state index is 12.8. The number of hydrogen-bond donors (Lipinski definition) is 1. The van der Waals surface area contributed by atoms with Crippen LogP contribution in [-0.2, 0) is 31.8 Å². The van der Waals surface area contributed by atoms with Crippen LogP contribution in [0.3, 0.4) is 0 Å². The molecule has 0 unspecified atom stereocenters. The molecule has 164 valence electrons. The molecule has 2 amide bonds. The van der Waals surface area contributed by atoms with Crippen LogP contribution in [0.15, 0.2) is 24.3 Å². The summed E-state index contributed by atoms with van der Waals surface area (Å²) in [5.74, 6) is -1.06. The molecule has 0 atom stereocenters. The van der Waals surface area contributed by atoms with Gasteiger partial charge in [0.25, 0.3) is 0 Å². The Hall–Kier alpha value is -2.58. The molecular weight excluding hydrogens is 401 g/mol. The van der Waals surface area contributed by atoms with Gasteiger partial charge in [-0.2, -0.15) is 13.2 Å². The highest BCUT2D eigenvalue weighted by atomic mass is 19.4. The minimum atomic E-state index is -4.44. The van der Waals surface area contributed by atoms with Crippen molar-refractivity contribution in [3.8, 4) is 0 Å². The quantitative estimate of drug-likeness (QED) is 0.751. The number of halogens is 3. The first-order chi connectivity index (χ1) is 13.8. The number of esters is 1. The predicted molar refractivity (Wildman–Crippen MR) is 101 cm³/mol. The van der Waals surface area contributed by atoms with Crippen LogP contribution in [0.1, 0.15) is 51.2 Å². The van der Waals surface area contributed by atoms with E-state index in [0.717, 1.165) is 12.1 Å². The van der Waals surface area contributed by atoms with Gasteiger partial charge in [-0.15, -0.1) is 0 Å². The lowest BCUT2D eigenvalue weighted by Crippen LogP contribution is -2.71. The average Bonchev–Trinajstić information content (AvgIpc) is 2.57. The predicted octanol–water partition coefficient (Wildman–Crippen LogP) is 3.04. The average molecular weight is 426 g/mol. The summed E-state index contributed by atoms with van der Waals surface area (Å²) in [6, 6.07) is 4.55. The zero-order chi connectivity index (χ0) is 22.3. The first-order valence-corrected chi connectivity index (χ1v) is 9.77. The molecule has 1 spiro atoms. The Kier molecular flexibility index (Phi) is 5.60. The minimum Gasteiger partial charge on any atom is -0.460 e. The van der Waals surface area contributed by atoms with Gasteiger partial charge in [-0.25, -0.2) is 0 Å². The van der Waals surface area contributed by atoms with Crippen LogP contribution < -0.4 is 5.32 Å². The standard InChI is InChI=1S/C21H25F3N2O4/c1-19(2,3)30-17(28)8-14-9-20(10-14)18(29)25-11-16(27)26(20)12-13-4-6-15(7-5-13)21(22,23)24/h4-7,14H,8-12H2,1-3H3,(H,25,29). The molecule has 0 aromatic heterocycles. The number of benzene rings is 1. The molecule has 1 heterocycles. The minimum absolute atomic E-state index is 0.0313. The van der Waals surface area contributed by atoms with Crippen molar-refractivity contribution in [1.29, 1.82) is 0 Å². The number of piperazine rings is 1. The summed E-state index contributed by atoms with van der Waals surface area (Å²) >= 11 is 0. The van der Waals surface area contributed by atoms with E-state index in [2.05, 4.69) is 5.32 Å². The smallest absolute Gasteiger partial charge is 0.416 e. The van der Waals surface area contributed by atoms with Gasteiger partial charge < -0.3 is 15.0 Å². The highest BCUT2D eigenvalue weighted by molar-refractivity contribution is 5.98. The van der Waals surface area contributed by atoms with Crippen molar-refractivity contribution in [1.82, 2.24) is 10.2 Å². The number of carbonyl (C=O) groups excluding carboxylic acids is 3. The van der Waals surface area contributed by atoms with E-state index in [0.29, 0.717) is 18.4 Å². The second kappa shape index (κ2) is 7.59. The summed E-state index contributed by atoms with van der Waals surface area (Å²) < 4.78 is 43.6. The van der Waals surface area contributed by atoms with Gasteiger partial charge in [-0.05, 0) is 57.2 Å². The van der Waals surface area contributed by atoms with Gasteiger partial charge >= 0.3 is 12.1 Å². The first kappa shape index (κ1) is 22.1. The molecule has 9 heteroatoms. The molecule has 1 aromatic rings. The molecule has 6 nitrogen and oxygen atoms in total. The molecule has 1 saturated carbocycles. The molecule has 2 fully saturated rings. The molecule has 30 heavy (non-hydrogen) atoms. The first-order valence-electron chi connectivity index (χ1n) is 9.77. The molecule has 0 bridgehead atoms. The van der Waals surface area contributed by atoms with Gasteiger partial charge in [-0.1, -0.05) is 12.1 Å². The number of carbonyl (C=O) groups is 3. The highest BCUT2D eigenvalue weighted by Gasteiger charge is 2.57. The number of hydrogen-bond acceptors (Lipinski definition) is 4. The second-order valence-corrected chi connectivity index (χ2v) is 8.95. The molecule has 1 N–H and O–H groups in total. The molecule has 2 aliphatic rings. The Morgan fingerprint density at radius 3 is 2.30 bits per heavy atom. The zero-order valence-electron chi connectivity index (χ0n) is 17.1. The third-order valence-corrected chi connectivity index (χ3v) is 5.39. The van der Waals surface area contributed by atoms with E-state index in [4.69, 9.17) is 4.74 Å². The van der Waals surface area contributed by atoms with Gasteiger partial charge in [0.15, 0.2) is 0 Å². The van der Waals surface area contributed by atoms with E-state index < -0.39 is 22.9 Å². The Labute approximate surface area is 172 Å². The van der Waals surface area contributed by atoms with Gasteiger partial charge in [0, 0.05) is 13.0 Å². The van der Waals surface area contributed by atoms with E-state index >= 15 is 0 Å². The Morgan fingerprint density at radius 2 is 1.77 bits per heavy atom. The van der Waals surface area contributed by atoms with Gasteiger partial charge in [0.2, 0.25) is 11.8 Å². The largest absolute Gasteiger partial charge is 0.460 e. The summed E-state index contributed by atoms with van der Waals surface area (Å²) in [6.45, 7) is 5.19. The highest BCUT2D eigenvalue weighted by Crippen LogP contribution is 2.46. The number of alkyl halides is 3. The van der Waals surface area contributed by atoms with E-state index in [1.165, 1.54) is 17.0 Å². The molecule has 3 rings (SSSR count).